The van der Waals surface area contributed by atoms with Crippen LogP contribution >= 0.6 is 0 Å². The minimum atomic E-state index is 0.521. The number of hydrogen-bond acceptors (Lipinski definition) is 3. The van der Waals surface area contributed by atoms with Crippen molar-refractivity contribution in [2.75, 3.05) is 13.6 Å². The highest BCUT2D eigenvalue weighted by atomic mass is 15.1. The lowest BCUT2D eigenvalue weighted by atomic mass is 10.1. The molecule has 0 aromatic carbocycles. The fraction of sp³-hybridized carbons (Fsp3) is 0.615. The first-order valence-corrected chi connectivity index (χ1v) is 5.98. The number of nitrogens with zero attached hydrogens (tertiary/aromatic N) is 2. The third-order valence-electron chi connectivity index (χ3n) is 2.94. The molecule has 1 heterocycles. The van der Waals surface area contributed by atoms with E-state index >= 15 is 0 Å². The van der Waals surface area contributed by atoms with Crippen LogP contribution in [0.4, 0.5) is 0 Å². The second kappa shape index (κ2) is 6.61. The van der Waals surface area contributed by atoms with Gasteiger partial charge in [0.15, 0.2) is 0 Å². The van der Waals surface area contributed by atoms with Crippen molar-refractivity contribution < 1.29 is 0 Å². The molecule has 1 rings (SSSR count). The topological polar surface area (TPSA) is 42.2 Å². The van der Waals surface area contributed by atoms with Crippen molar-refractivity contribution in [3.05, 3.63) is 29.6 Å². The van der Waals surface area contributed by atoms with E-state index in [2.05, 4.69) is 36.8 Å². The van der Waals surface area contributed by atoms with Crippen LogP contribution in [0.1, 0.15) is 31.5 Å². The first-order valence-electron chi connectivity index (χ1n) is 5.98. The Bertz CT molecular complexity index is 312. The highest BCUT2D eigenvalue weighted by Gasteiger charge is 2.07. The van der Waals surface area contributed by atoms with Crippen LogP contribution < -0.4 is 5.73 Å². The third-order valence-corrected chi connectivity index (χ3v) is 2.94. The van der Waals surface area contributed by atoms with E-state index in [9.17, 15) is 0 Å². The number of nitrogens with two attached hydrogens (primary N) is 1. The Hall–Kier alpha value is -0.930. The monoisotopic (exact) mass is 221 g/mol. The molecule has 0 aliphatic heterocycles. The van der Waals surface area contributed by atoms with Gasteiger partial charge in [-0.1, -0.05) is 26.3 Å². The summed E-state index contributed by atoms with van der Waals surface area (Å²) in [6.45, 7) is 7.09. The molecule has 16 heavy (non-hydrogen) atoms. The zero-order chi connectivity index (χ0) is 12.0. The van der Waals surface area contributed by atoms with Crippen molar-refractivity contribution in [1.82, 2.24) is 9.88 Å². The van der Waals surface area contributed by atoms with Crippen molar-refractivity contribution in [3.8, 4) is 0 Å². The van der Waals surface area contributed by atoms with Crippen LogP contribution in [0.2, 0.25) is 0 Å². The zero-order valence-corrected chi connectivity index (χ0v) is 10.6. The van der Waals surface area contributed by atoms with Crippen molar-refractivity contribution in [1.29, 1.82) is 0 Å². The van der Waals surface area contributed by atoms with Gasteiger partial charge in [-0.05, 0) is 24.6 Å². The van der Waals surface area contributed by atoms with Gasteiger partial charge < -0.3 is 10.6 Å². The van der Waals surface area contributed by atoms with Crippen LogP contribution in [0.15, 0.2) is 18.3 Å². The molecule has 90 valence electrons. The second-order valence-corrected chi connectivity index (χ2v) is 4.52. The second-order valence-electron chi connectivity index (χ2n) is 4.52. The van der Waals surface area contributed by atoms with Crippen molar-refractivity contribution in [2.45, 2.75) is 33.4 Å². The maximum absolute atomic E-state index is 5.67. The van der Waals surface area contributed by atoms with Crippen LogP contribution in [-0.4, -0.2) is 23.5 Å². The summed E-state index contributed by atoms with van der Waals surface area (Å²) in [7, 11) is 2.15. The predicted octanol–water partition coefficient (Wildman–Crippen LogP) is 2.02. The van der Waals surface area contributed by atoms with Crippen LogP contribution in [0.3, 0.4) is 0 Å². The average molecular weight is 221 g/mol. The smallest absolute Gasteiger partial charge is 0.0584 e. The molecular weight excluding hydrogens is 198 g/mol. The SMILES string of the molecule is CCC(C)CN(C)Cc1cccnc1CN. The van der Waals surface area contributed by atoms with E-state index in [4.69, 9.17) is 5.73 Å². The summed E-state index contributed by atoms with van der Waals surface area (Å²) >= 11 is 0. The normalized spacial score (nSPS) is 13.1. The lowest BCUT2D eigenvalue weighted by Crippen LogP contribution is -2.24. The fourth-order valence-electron chi connectivity index (χ4n) is 1.82. The maximum atomic E-state index is 5.67. The van der Waals surface area contributed by atoms with Gasteiger partial charge in [-0.25, -0.2) is 0 Å². The molecule has 3 heteroatoms. The Balaban J connectivity index is 2.58. The number of aromatic nitrogens is 1. The van der Waals surface area contributed by atoms with Crippen LogP contribution in [0.25, 0.3) is 0 Å². The predicted molar refractivity (Wildman–Crippen MR) is 67.9 cm³/mol. The molecule has 1 aromatic heterocycles. The van der Waals surface area contributed by atoms with Gasteiger partial charge >= 0.3 is 0 Å². The van der Waals surface area contributed by atoms with Gasteiger partial charge in [0, 0.05) is 25.8 Å². The number of hydrogen-bond donors (Lipinski definition) is 1. The highest BCUT2D eigenvalue weighted by Crippen LogP contribution is 2.10. The summed E-state index contributed by atoms with van der Waals surface area (Å²) in [5.41, 5.74) is 7.93. The van der Waals surface area contributed by atoms with Crippen LogP contribution in [-0.2, 0) is 13.1 Å². The lowest BCUT2D eigenvalue weighted by molar-refractivity contribution is 0.274. The molecule has 0 aliphatic rings. The number of pyridine rings is 1. The Labute approximate surface area is 98.7 Å². The minimum Gasteiger partial charge on any atom is -0.325 e. The largest absolute Gasteiger partial charge is 0.325 e. The summed E-state index contributed by atoms with van der Waals surface area (Å²) in [5.74, 6) is 0.739. The van der Waals surface area contributed by atoms with E-state index in [0.717, 1.165) is 24.7 Å². The van der Waals surface area contributed by atoms with Gasteiger partial charge in [-0.15, -0.1) is 0 Å². The van der Waals surface area contributed by atoms with E-state index in [-0.39, 0.29) is 0 Å². The molecule has 0 spiro atoms. The Morgan fingerprint density at radius 2 is 2.25 bits per heavy atom. The molecule has 0 bridgehead atoms. The quantitative estimate of drug-likeness (QED) is 0.799. The van der Waals surface area contributed by atoms with Gasteiger partial charge in [0.05, 0.1) is 5.69 Å². The third kappa shape index (κ3) is 3.91. The fourth-order valence-corrected chi connectivity index (χ4v) is 1.82. The molecular formula is C13H23N3. The summed E-state index contributed by atoms with van der Waals surface area (Å²) in [4.78, 5) is 6.64. The summed E-state index contributed by atoms with van der Waals surface area (Å²) in [5, 5.41) is 0. The van der Waals surface area contributed by atoms with E-state index < -0.39 is 0 Å². The van der Waals surface area contributed by atoms with E-state index in [0.29, 0.717) is 6.54 Å². The number of rotatable bonds is 6. The molecule has 1 unspecified atom stereocenters. The molecule has 0 fully saturated rings. The molecule has 0 amide bonds. The van der Waals surface area contributed by atoms with Crippen LogP contribution in [0, 0.1) is 5.92 Å². The van der Waals surface area contributed by atoms with Gasteiger partial charge in [-0.3, -0.25) is 4.98 Å². The molecule has 1 atom stereocenters. The van der Waals surface area contributed by atoms with Gasteiger partial charge in [0.1, 0.15) is 0 Å². The average Bonchev–Trinajstić information content (AvgIpc) is 2.29. The molecule has 0 saturated heterocycles. The van der Waals surface area contributed by atoms with Gasteiger partial charge in [0.25, 0.3) is 0 Å². The van der Waals surface area contributed by atoms with Crippen molar-refractivity contribution in [2.24, 2.45) is 11.7 Å². The van der Waals surface area contributed by atoms with E-state index in [1.54, 1.807) is 6.20 Å². The molecule has 2 N–H and O–H groups in total. The Morgan fingerprint density at radius 1 is 1.50 bits per heavy atom. The summed E-state index contributed by atoms with van der Waals surface area (Å²) < 4.78 is 0. The van der Waals surface area contributed by atoms with E-state index in [1.807, 2.05) is 6.07 Å². The Morgan fingerprint density at radius 3 is 2.88 bits per heavy atom. The molecule has 0 saturated carbocycles. The zero-order valence-electron chi connectivity index (χ0n) is 10.6. The van der Waals surface area contributed by atoms with Crippen LogP contribution in [0.5, 0.6) is 0 Å². The first kappa shape index (κ1) is 13.1. The molecule has 3 nitrogen and oxygen atoms in total. The maximum Gasteiger partial charge on any atom is 0.0584 e. The van der Waals surface area contributed by atoms with Gasteiger partial charge in [0.2, 0.25) is 0 Å². The van der Waals surface area contributed by atoms with E-state index in [1.165, 1.54) is 12.0 Å². The summed E-state index contributed by atoms with van der Waals surface area (Å²) in [6, 6.07) is 4.09. The van der Waals surface area contributed by atoms with Crippen molar-refractivity contribution in [3.63, 3.8) is 0 Å². The first-order chi connectivity index (χ1) is 7.67. The van der Waals surface area contributed by atoms with Gasteiger partial charge in [-0.2, -0.15) is 0 Å². The Kier molecular flexibility index (Phi) is 5.43. The van der Waals surface area contributed by atoms with Crippen molar-refractivity contribution >= 4 is 0 Å². The minimum absolute atomic E-state index is 0.521. The lowest BCUT2D eigenvalue weighted by Gasteiger charge is -2.21. The molecule has 0 radical (unpaired) electrons. The highest BCUT2D eigenvalue weighted by molar-refractivity contribution is 5.19. The standard InChI is InChI=1S/C13H23N3/c1-4-11(2)9-16(3)10-12-6-5-7-15-13(12)8-14/h5-7,11H,4,8-10,14H2,1-3H3. The molecule has 1 aromatic rings. The summed E-state index contributed by atoms with van der Waals surface area (Å²) in [6.07, 6.45) is 3.03. The molecule has 0 aliphatic carbocycles.